The molecule has 0 bridgehead atoms. The molecule has 0 radical (unpaired) electrons. The number of amides is 2. The van der Waals surface area contributed by atoms with Crippen molar-refractivity contribution < 1.29 is 22.7 Å². The Balaban J connectivity index is 1.20. The highest BCUT2D eigenvalue weighted by atomic mass is 35.5. The van der Waals surface area contributed by atoms with Gasteiger partial charge in [-0.1, -0.05) is 35.3 Å². The Bertz CT molecular complexity index is 1920. The van der Waals surface area contributed by atoms with E-state index in [0.29, 0.717) is 48.3 Å². The molecule has 0 unspecified atom stereocenters. The second-order valence-electron chi connectivity index (χ2n) is 11.2. The van der Waals surface area contributed by atoms with Crippen LogP contribution in [0.15, 0.2) is 64.7 Å². The van der Waals surface area contributed by atoms with E-state index in [4.69, 9.17) is 33.5 Å². The summed E-state index contributed by atoms with van der Waals surface area (Å²) in [5, 5.41) is 9.10. The first-order chi connectivity index (χ1) is 22.5. The smallest absolute Gasteiger partial charge is 0.251 e. The summed E-state index contributed by atoms with van der Waals surface area (Å²) in [5.74, 6) is -0.182. The minimum absolute atomic E-state index is 0.0667. The highest BCUT2D eigenvalue weighted by Crippen LogP contribution is 2.36. The van der Waals surface area contributed by atoms with Gasteiger partial charge in [-0.15, -0.1) is 0 Å². The first-order valence-corrected chi connectivity index (χ1v) is 17.3. The van der Waals surface area contributed by atoms with Crippen molar-refractivity contribution in [2.24, 2.45) is 5.11 Å². The molecule has 3 heterocycles. The fraction of sp³-hybridized carbons (Fsp3) is 0.344. The third kappa shape index (κ3) is 7.43. The van der Waals surface area contributed by atoms with E-state index in [-0.39, 0.29) is 47.1 Å². The topological polar surface area (TPSA) is 158 Å². The Labute approximate surface area is 283 Å². The van der Waals surface area contributed by atoms with Crippen molar-refractivity contribution in [3.8, 4) is 5.75 Å². The Morgan fingerprint density at radius 2 is 1.83 bits per heavy atom. The van der Waals surface area contributed by atoms with Gasteiger partial charge in [0.2, 0.25) is 15.9 Å². The summed E-state index contributed by atoms with van der Waals surface area (Å²) in [6, 6.07) is 12.3. The quantitative estimate of drug-likeness (QED) is 0.124. The van der Waals surface area contributed by atoms with E-state index < -0.39 is 22.0 Å². The fourth-order valence-corrected chi connectivity index (χ4v) is 7.96. The Hall–Kier alpha value is -4.04. The van der Waals surface area contributed by atoms with E-state index in [9.17, 15) is 18.0 Å². The number of pyridine rings is 1. The van der Waals surface area contributed by atoms with Gasteiger partial charge in [-0.2, -0.15) is 9.42 Å². The molecule has 15 heteroatoms. The maximum Gasteiger partial charge on any atom is 0.251 e. The van der Waals surface area contributed by atoms with Crippen molar-refractivity contribution >= 4 is 50.7 Å². The monoisotopic (exact) mass is 699 g/mol. The summed E-state index contributed by atoms with van der Waals surface area (Å²) >= 11 is 13.2. The van der Waals surface area contributed by atoms with E-state index in [1.807, 2.05) is 30.5 Å². The average Bonchev–Trinajstić information content (AvgIpc) is 3.67. The minimum Gasteiger partial charge on any atom is -0.485 e. The SMILES string of the molecule is Cc1nc2c(OCc3c(Cl)ccc(S(=O)(=O)N4CCC[C@H]4C(=O)NCCCNC(=O)c4ccc(CN=N)cc4)c3Cl)cccn2c1C. The van der Waals surface area contributed by atoms with Crippen molar-refractivity contribution in [1.29, 1.82) is 5.53 Å². The molecule has 4 aromatic rings. The number of sulfonamides is 1. The molecular formula is C32H35Cl2N7O5S. The molecule has 2 aromatic carbocycles. The zero-order valence-corrected chi connectivity index (χ0v) is 28.3. The number of ether oxygens (including phenoxy) is 1. The van der Waals surface area contributed by atoms with Gasteiger partial charge in [0.25, 0.3) is 5.91 Å². The maximum absolute atomic E-state index is 13.9. The van der Waals surface area contributed by atoms with Crippen LogP contribution < -0.4 is 15.4 Å². The number of nitrogens with one attached hydrogen (secondary N) is 3. The predicted molar refractivity (Wildman–Crippen MR) is 178 cm³/mol. The van der Waals surface area contributed by atoms with Gasteiger partial charge in [-0.3, -0.25) is 9.59 Å². The lowest BCUT2D eigenvalue weighted by atomic mass is 10.1. The van der Waals surface area contributed by atoms with Crippen LogP contribution in [0, 0.1) is 19.4 Å². The summed E-state index contributed by atoms with van der Waals surface area (Å²) < 4.78 is 36.9. The third-order valence-electron chi connectivity index (χ3n) is 8.12. The largest absolute Gasteiger partial charge is 0.485 e. The lowest BCUT2D eigenvalue weighted by molar-refractivity contribution is -0.124. The minimum atomic E-state index is -4.17. The Morgan fingerprint density at radius 1 is 1.09 bits per heavy atom. The van der Waals surface area contributed by atoms with Gasteiger partial charge in [0.1, 0.15) is 17.5 Å². The number of hydrogen-bond donors (Lipinski definition) is 3. The number of benzene rings is 2. The van der Waals surface area contributed by atoms with Crippen LogP contribution in [0.5, 0.6) is 5.75 Å². The lowest BCUT2D eigenvalue weighted by Crippen LogP contribution is -2.46. The predicted octanol–water partition coefficient (Wildman–Crippen LogP) is 5.46. The molecule has 2 amide bonds. The molecule has 2 aromatic heterocycles. The van der Waals surface area contributed by atoms with Crippen molar-refractivity contribution in [1.82, 2.24) is 24.3 Å². The molecule has 1 fully saturated rings. The summed E-state index contributed by atoms with van der Waals surface area (Å²) in [4.78, 5) is 29.9. The Morgan fingerprint density at radius 3 is 2.57 bits per heavy atom. The van der Waals surface area contributed by atoms with Gasteiger partial charge >= 0.3 is 0 Å². The summed E-state index contributed by atoms with van der Waals surface area (Å²) in [7, 11) is -4.17. The number of fused-ring (bicyclic) bond motifs is 1. The number of aromatic nitrogens is 2. The molecule has 1 aliphatic heterocycles. The highest BCUT2D eigenvalue weighted by molar-refractivity contribution is 7.89. The highest BCUT2D eigenvalue weighted by Gasteiger charge is 2.40. The second-order valence-corrected chi connectivity index (χ2v) is 13.8. The number of aryl methyl sites for hydroxylation is 2. The number of hydrogen-bond acceptors (Lipinski definition) is 8. The average molecular weight is 701 g/mol. The number of carbonyl (C=O) groups is 2. The zero-order chi connectivity index (χ0) is 33.7. The van der Waals surface area contributed by atoms with E-state index in [0.717, 1.165) is 17.0 Å². The van der Waals surface area contributed by atoms with Crippen LogP contribution in [0.1, 0.15) is 52.1 Å². The molecule has 12 nitrogen and oxygen atoms in total. The van der Waals surface area contributed by atoms with Crippen molar-refractivity contribution in [2.45, 2.75) is 57.2 Å². The van der Waals surface area contributed by atoms with Crippen LogP contribution in [0.3, 0.4) is 0 Å². The van der Waals surface area contributed by atoms with Crippen molar-refractivity contribution in [2.75, 3.05) is 19.6 Å². The van der Waals surface area contributed by atoms with Crippen LogP contribution in [-0.2, 0) is 28.0 Å². The van der Waals surface area contributed by atoms with Crippen LogP contribution in [0.25, 0.3) is 5.65 Å². The fourth-order valence-electron chi connectivity index (χ4n) is 5.44. The molecule has 0 spiro atoms. The van der Waals surface area contributed by atoms with Gasteiger partial charge in [-0.05, 0) is 75.1 Å². The van der Waals surface area contributed by atoms with Crippen LogP contribution in [0.2, 0.25) is 10.0 Å². The third-order valence-corrected chi connectivity index (χ3v) is 11.0. The summed E-state index contributed by atoms with van der Waals surface area (Å²) in [6.07, 6.45) is 3.20. The Kier molecular flexibility index (Phi) is 10.8. The number of halogens is 2. The molecule has 1 atom stereocenters. The molecule has 3 N–H and O–H groups in total. The number of nitrogens with zero attached hydrogens (tertiary/aromatic N) is 4. The first kappa shape index (κ1) is 34.3. The summed E-state index contributed by atoms with van der Waals surface area (Å²) in [5.41, 5.74) is 11.0. The molecule has 0 aliphatic carbocycles. The van der Waals surface area contributed by atoms with E-state index >= 15 is 0 Å². The molecule has 5 rings (SSSR count). The second kappa shape index (κ2) is 14.8. The molecule has 248 valence electrons. The zero-order valence-electron chi connectivity index (χ0n) is 25.9. The molecule has 1 saturated heterocycles. The van der Waals surface area contributed by atoms with Crippen molar-refractivity contribution in [3.05, 3.63) is 92.9 Å². The normalized spacial score (nSPS) is 15.1. The summed E-state index contributed by atoms with van der Waals surface area (Å²) in [6.45, 7) is 4.75. The van der Waals surface area contributed by atoms with Gasteiger partial charge in [0.15, 0.2) is 11.4 Å². The van der Waals surface area contributed by atoms with Crippen LogP contribution >= 0.6 is 23.2 Å². The molecule has 47 heavy (non-hydrogen) atoms. The van der Waals surface area contributed by atoms with Crippen LogP contribution in [-0.4, -0.2) is 59.6 Å². The lowest BCUT2D eigenvalue weighted by Gasteiger charge is -2.24. The van der Waals surface area contributed by atoms with Crippen LogP contribution in [0.4, 0.5) is 0 Å². The van der Waals surface area contributed by atoms with Crippen molar-refractivity contribution in [3.63, 3.8) is 0 Å². The van der Waals surface area contributed by atoms with E-state index in [2.05, 4.69) is 20.7 Å². The standard InChI is InChI=1S/C32H35Cl2N7O5S/c1-20-21(2)40-16-4-7-27(30(40)39-20)46-19-24-25(33)12-13-28(29(24)34)47(44,45)41-17-3-6-26(41)32(43)37-15-5-14-36-31(42)23-10-8-22(9-11-23)18-38-35/h4,7-13,16,26,35H,3,5-6,14-15,17-19H2,1-2H3,(H,36,42)(H,37,43)/t26-/m0/s1. The molecule has 0 saturated carbocycles. The van der Waals surface area contributed by atoms with Gasteiger partial charge < -0.3 is 19.8 Å². The van der Waals surface area contributed by atoms with E-state index in [1.165, 1.54) is 16.4 Å². The maximum atomic E-state index is 13.9. The number of rotatable bonds is 13. The first-order valence-electron chi connectivity index (χ1n) is 15.1. The van der Waals surface area contributed by atoms with Gasteiger partial charge in [-0.25, -0.2) is 18.9 Å². The van der Waals surface area contributed by atoms with Gasteiger partial charge in [0.05, 0.1) is 17.3 Å². The molecular weight excluding hydrogens is 665 g/mol. The van der Waals surface area contributed by atoms with E-state index in [1.54, 1.807) is 30.3 Å². The number of imidazole rings is 1. The number of carbonyl (C=O) groups excluding carboxylic acids is 2. The van der Waals surface area contributed by atoms with Gasteiger partial charge in [0, 0.05) is 47.7 Å². The molecule has 1 aliphatic rings.